The number of carbonyl (C=O) groups is 2. The van der Waals surface area contributed by atoms with Gasteiger partial charge in [-0.3, -0.25) is 9.59 Å². The first-order valence-electron chi connectivity index (χ1n) is 9.14. The number of benzene rings is 2. The summed E-state index contributed by atoms with van der Waals surface area (Å²) in [5.74, 6) is 0.123. The van der Waals surface area contributed by atoms with E-state index in [2.05, 4.69) is 5.32 Å². The molecule has 1 aliphatic rings. The Kier molecular flexibility index (Phi) is 6.87. The third-order valence-corrected chi connectivity index (χ3v) is 5.50. The molecule has 2 aromatic carbocycles. The molecule has 1 aliphatic heterocycles. The number of hydrogen-bond acceptors (Lipinski definition) is 3. The molecule has 142 valence electrons. The van der Waals surface area contributed by atoms with Crippen molar-refractivity contribution in [2.75, 3.05) is 24.2 Å². The molecule has 2 aromatic rings. The smallest absolute Gasteiger partial charge is 0.255 e. The predicted octanol–water partition coefficient (Wildman–Crippen LogP) is 4.32. The van der Waals surface area contributed by atoms with E-state index >= 15 is 0 Å². The van der Waals surface area contributed by atoms with Gasteiger partial charge in [0.25, 0.3) is 5.91 Å². The van der Waals surface area contributed by atoms with Crippen LogP contribution in [0.2, 0.25) is 0 Å². The van der Waals surface area contributed by atoms with Crippen LogP contribution in [0, 0.1) is 5.82 Å². The van der Waals surface area contributed by atoms with E-state index in [4.69, 9.17) is 0 Å². The Morgan fingerprint density at radius 1 is 1.00 bits per heavy atom. The highest BCUT2D eigenvalue weighted by atomic mass is 32.2. The molecule has 0 atom stereocenters. The molecule has 0 unspecified atom stereocenters. The molecule has 1 fully saturated rings. The molecule has 27 heavy (non-hydrogen) atoms. The number of nitrogens with zero attached hydrogens (tertiary/aromatic N) is 1. The first-order valence-corrected chi connectivity index (χ1v) is 10.3. The maximum absolute atomic E-state index is 13.6. The van der Waals surface area contributed by atoms with Gasteiger partial charge in [0, 0.05) is 18.8 Å². The van der Waals surface area contributed by atoms with E-state index in [1.807, 2.05) is 4.90 Å². The van der Waals surface area contributed by atoms with E-state index in [-0.39, 0.29) is 23.4 Å². The Morgan fingerprint density at radius 3 is 2.48 bits per heavy atom. The van der Waals surface area contributed by atoms with E-state index in [1.54, 1.807) is 42.5 Å². The summed E-state index contributed by atoms with van der Waals surface area (Å²) < 4.78 is 13.6. The highest BCUT2D eigenvalue weighted by Gasteiger charge is 2.21. The summed E-state index contributed by atoms with van der Waals surface area (Å²) in [5.41, 5.74) is 1.63. The number of likely N-dealkylation sites (tertiary alicyclic amines) is 1. The van der Waals surface area contributed by atoms with Crippen LogP contribution in [0.4, 0.5) is 10.1 Å². The quantitative estimate of drug-likeness (QED) is 0.804. The second-order valence-corrected chi connectivity index (χ2v) is 7.52. The lowest BCUT2D eigenvalue weighted by molar-refractivity contribution is -0.113. The van der Waals surface area contributed by atoms with Gasteiger partial charge in [-0.15, -0.1) is 11.8 Å². The minimum atomic E-state index is -0.261. The van der Waals surface area contributed by atoms with Crippen LogP contribution in [0.5, 0.6) is 0 Å². The molecule has 0 bridgehead atoms. The second kappa shape index (κ2) is 9.55. The summed E-state index contributed by atoms with van der Waals surface area (Å²) in [6.45, 7) is 1.53. The topological polar surface area (TPSA) is 49.4 Å². The van der Waals surface area contributed by atoms with Crippen LogP contribution in [-0.4, -0.2) is 35.6 Å². The zero-order valence-corrected chi connectivity index (χ0v) is 15.9. The average molecular weight is 386 g/mol. The summed E-state index contributed by atoms with van der Waals surface area (Å²) in [4.78, 5) is 26.9. The molecular weight excluding hydrogens is 363 g/mol. The summed E-state index contributed by atoms with van der Waals surface area (Å²) in [6.07, 6.45) is 3.20. The molecule has 1 N–H and O–H groups in total. The summed E-state index contributed by atoms with van der Waals surface area (Å²) in [5, 5.41) is 2.83. The third-order valence-electron chi connectivity index (χ3n) is 4.52. The van der Waals surface area contributed by atoms with Crippen molar-refractivity contribution in [3.05, 3.63) is 65.5 Å². The van der Waals surface area contributed by atoms with Gasteiger partial charge in [-0.1, -0.05) is 30.3 Å². The van der Waals surface area contributed by atoms with E-state index in [9.17, 15) is 14.0 Å². The lowest BCUT2D eigenvalue weighted by Crippen LogP contribution is -2.36. The molecule has 3 rings (SSSR count). The first-order chi connectivity index (χ1) is 13.1. The maximum Gasteiger partial charge on any atom is 0.255 e. The molecular formula is C21H23FN2O2S. The van der Waals surface area contributed by atoms with Gasteiger partial charge in [0.2, 0.25) is 5.91 Å². The van der Waals surface area contributed by atoms with Gasteiger partial charge in [-0.25, -0.2) is 4.39 Å². The Balaban J connectivity index is 1.57. The van der Waals surface area contributed by atoms with Crippen molar-refractivity contribution in [2.45, 2.75) is 25.0 Å². The second-order valence-electron chi connectivity index (χ2n) is 6.53. The van der Waals surface area contributed by atoms with Gasteiger partial charge >= 0.3 is 0 Å². The molecule has 0 aromatic heterocycles. The number of halogens is 1. The average Bonchev–Trinajstić information content (AvgIpc) is 2.70. The number of piperidine rings is 1. The molecule has 0 saturated carbocycles. The summed E-state index contributed by atoms with van der Waals surface area (Å²) in [7, 11) is 0. The van der Waals surface area contributed by atoms with E-state index in [0.29, 0.717) is 22.6 Å². The monoisotopic (exact) mass is 386 g/mol. The van der Waals surface area contributed by atoms with Crippen molar-refractivity contribution < 1.29 is 14.0 Å². The fourth-order valence-electron chi connectivity index (χ4n) is 3.10. The van der Waals surface area contributed by atoms with E-state index < -0.39 is 0 Å². The number of amides is 2. The Bertz CT molecular complexity index is 806. The van der Waals surface area contributed by atoms with Gasteiger partial charge in [0.05, 0.1) is 17.0 Å². The van der Waals surface area contributed by atoms with Gasteiger partial charge in [-0.05, 0) is 43.0 Å². The molecule has 1 heterocycles. The maximum atomic E-state index is 13.6. The fraction of sp³-hybridized carbons (Fsp3) is 0.333. The lowest BCUT2D eigenvalue weighted by atomic mass is 10.1. The number of thioether (sulfide) groups is 1. The van der Waals surface area contributed by atoms with Crippen LogP contribution in [-0.2, 0) is 10.5 Å². The minimum Gasteiger partial charge on any atom is -0.339 e. The number of nitrogens with one attached hydrogen (secondary N) is 1. The van der Waals surface area contributed by atoms with Gasteiger partial charge < -0.3 is 10.2 Å². The third kappa shape index (κ3) is 5.32. The zero-order chi connectivity index (χ0) is 19.1. The number of carbonyl (C=O) groups excluding carboxylic acids is 2. The van der Waals surface area contributed by atoms with Crippen molar-refractivity contribution in [1.29, 1.82) is 0 Å². The summed E-state index contributed by atoms with van der Waals surface area (Å²) >= 11 is 1.34. The van der Waals surface area contributed by atoms with Crippen LogP contribution in [0.15, 0.2) is 48.5 Å². The molecule has 1 saturated heterocycles. The molecule has 0 radical (unpaired) electrons. The van der Waals surface area contributed by atoms with Crippen molar-refractivity contribution in [2.24, 2.45) is 0 Å². The standard InChI is InChI=1S/C21H23FN2O2S/c22-18-10-4-2-8-16(18)14-27-15-20(25)23-19-11-5-3-9-17(19)21(26)24-12-6-1-7-13-24/h2-5,8-11H,1,6-7,12-15H2,(H,23,25). The van der Waals surface area contributed by atoms with Gasteiger partial charge in [0.1, 0.15) is 5.82 Å². The first kappa shape index (κ1) is 19.4. The Hall–Kier alpha value is -2.34. The number of para-hydroxylation sites is 1. The van der Waals surface area contributed by atoms with Crippen molar-refractivity contribution in [3.63, 3.8) is 0 Å². The van der Waals surface area contributed by atoms with Crippen LogP contribution in [0.25, 0.3) is 0 Å². The minimum absolute atomic E-state index is 0.0374. The van der Waals surface area contributed by atoms with Crippen LogP contribution < -0.4 is 5.32 Å². The van der Waals surface area contributed by atoms with Crippen molar-refractivity contribution in [1.82, 2.24) is 4.90 Å². The molecule has 2 amide bonds. The van der Waals surface area contributed by atoms with E-state index in [1.165, 1.54) is 17.8 Å². The van der Waals surface area contributed by atoms with Crippen LogP contribution >= 0.6 is 11.8 Å². The zero-order valence-electron chi connectivity index (χ0n) is 15.1. The number of rotatable bonds is 6. The lowest BCUT2D eigenvalue weighted by Gasteiger charge is -2.27. The summed E-state index contributed by atoms with van der Waals surface area (Å²) in [6, 6.07) is 13.7. The Morgan fingerprint density at radius 2 is 1.70 bits per heavy atom. The molecule has 6 heteroatoms. The van der Waals surface area contributed by atoms with Crippen molar-refractivity contribution >= 4 is 29.3 Å². The molecule has 0 spiro atoms. The normalized spacial score (nSPS) is 14.0. The largest absolute Gasteiger partial charge is 0.339 e. The highest BCUT2D eigenvalue weighted by molar-refractivity contribution is 7.99. The van der Waals surface area contributed by atoms with Gasteiger partial charge in [0.15, 0.2) is 0 Å². The fourth-order valence-corrected chi connectivity index (χ4v) is 3.92. The Labute approximate surface area is 163 Å². The highest BCUT2D eigenvalue weighted by Crippen LogP contribution is 2.21. The molecule has 0 aliphatic carbocycles. The van der Waals surface area contributed by atoms with Crippen molar-refractivity contribution in [3.8, 4) is 0 Å². The number of hydrogen-bond donors (Lipinski definition) is 1. The number of anilines is 1. The van der Waals surface area contributed by atoms with Crippen LogP contribution in [0.1, 0.15) is 35.2 Å². The van der Waals surface area contributed by atoms with E-state index in [0.717, 1.165) is 32.4 Å². The molecule has 4 nitrogen and oxygen atoms in total. The predicted molar refractivity (Wildman–Crippen MR) is 107 cm³/mol. The SMILES string of the molecule is O=C(CSCc1ccccc1F)Nc1ccccc1C(=O)N1CCCCC1. The van der Waals surface area contributed by atoms with Crippen LogP contribution in [0.3, 0.4) is 0 Å². The van der Waals surface area contributed by atoms with Gasteiger partial charge in [-0.2, -0.15) is 0 Å².